The number of aromatic nitrogens is 4. The van der Waals surface area contributed by atoms with Crippen molar-refractivity contribution in [2.75, 3.05) is 17.4 Å². The zero-order chi connectivity index (χ0) is 26.2. The molecule has 0 fully saturated rings. The van der Waals surface area contributed by atoms with Gasteiger partial charge in [-0.3, -0.25) is 9.36 Å². The lowest BCUT2D eigenvalue weighted by molar-refractivity contribution is -0.115. The zero-order valence-corrected chi connectivity index (χ0v) is 20.7. The van der Waals surface area contributed by atoms with Gasteiger partial charge in [0.25, 0.3) is 0 Å². The number of carbonyl (C=O) groups is 1. The summed E-state index contributed by atoms with van der Waals surface area (Å²) >= 11 is 0. The molecule has 6 aromatic rings. The van der Waals surface area contributed by atoms with Crippen LogP contribution in [0.5, 0.6) is 11.5 Å². The molecule has 2 N–H and O–H groups in total. The largest absolute Gasteiger partial charge is 0.454 e. The lowest BCUT2D eigenvalue weighted by Crippen LogP contribution is -2.14. The number of carbonyl (C=O) groups excluding carboxylic acids is 1. The van der Waals surface area contributed by atoms with E-state index in [0.29, 0.717) is 28.8 Å². The van der Waals surface area contributed by atoms with E-state index >= 15 is 0 Å². The molecule has 0 saturated heterocycles. The monoisotopic (exact) mass is 514 g/mol. The Kier molecular flexibility index (Phi) is 5.51. The minimum atomic E-state index is -0.134. The SMILES string of the molecule is O=C(Cc1cn(-c2ccc(Nc3nccc4ccccc34)nn2)c2ccccc12)Nc1ccc2c(c1)OCO2. The third-order valence-electron chi connectivity index (χ3n) is 6.62. The van der Waals surface area contributed by atoms with Gasteiger partial charge < -0.3 is 20.1 Å². The molecule has 190 valence electrons. The molecule has 0 radical (unpaired) electrons. The number of pyridine rings is 1. The average Bonchev–Trinajstić information content (AvgIpc) is 3.58. The molecule has 0 unspecified atom stereocenters. The summed E-state index contributed by atoms with van der Waals surface area (Å²) in [6.07, 6.45) is 3.90. The van der Waals surface area contributed by atoms with Crippen molar-refractivity contribution in [1.29, 1.82) is 0 Å². The van der Waals surface area contributed by atoms with Crippen molar-refractivity contribution in [1.82, 2.24) is 19.7 Å². The first-order chi connectivity index (χ1) is 19.2. The second-order valence-electron chi connectivity index (χ2n) is 9.12. The minimum Gasteiger partial charge on any atom is -0.454 e. The highest BCUT2D eigenvalue weighted by Crippen LogP contribution is 2.34. The van der Waals surface area contributed by atoms with Crippen LogP contribution in [-0.2, 0) is 11.2 Å². The van der Waals surface area contributed by atoms with Crippen molar-refractivity contribution in [3.63, 3.8) is 0 Å². The predicted octanol–water partition coefficient (Wildman–Crippen LogP) is 5.62. The number of nitrogens with zero attached hydrogens (tertiary/aromatic N) is 4. The van der Waals surface area contributed by atoms with E-state index in [0.717, 1.165) is 33.1 Å². The number of rotatable bonds is 6. The fraction of sp³-hybridized carbons (Fsp3) is 0.0667. The third-order valence-corrected chi connectivity index (χ3v) is 6.62. The maximum Gasteiger partial charge on any atom is 0.231 e. The van der Waals surface area contributed by atoms with Crippen molar-refractivity contribution in [2.24, 2.45) is 0 Å². The van der Waals surface area contributed by atoms with Crippen LogP contribution in [0.25, 0.3) is 27.5 Å². The molecule has 0 bridgehead atoms. The predicted molar refractivity (Wildman–Crippen MR) is 149 cm³/mol. The standard InChI is InChI=1S/C30H22N6O3/c37-29(32-21-9-10-25-26(16-21)39-18-38-25)15-20-17-36(24-8-4-3-6-22(20)24)28-12-11-27(34-35-28)33-30-23-7-2-1-5-19(23)13-14-31-30/h1-14,16-17H,15,18H2,(H,32,37)(H,31,33,34). The Morgan fingerprint density at radius 2 is 1.72 bits per heavy atom. The van der Waals surface area contributed by atoms with Gasteiger partial charge in [0.05, 0.1) is 11.9 Å². The summed E-state index contributed by atoms with van der Waals surface area (Å²) in [5, 5.41) is 18.2. The zero-order valence-electron chi connectivity index (χ0n) is 20.7. The quantitative estimate of drug-likeness (QED) is 0.297. The number of nitrogens with one attached hydrogen (secondary N) is 2. The fourth-order valence-electron chi connectivity index (χ4n) is 4.79. The van der Waals surface area contributed by atoms with E-state index < -0.39 is 0 Å². The molecule has 7 rings (SSSR count). The normalized spacial score (nSPS) is 12.1. The van der Waals surface area contributed by atoms with E-state index in [1.807, 2.05) is 77.5 Å². The fourth-order valence-corrected chi connectivity index (χ4v) is 4.79. The Balaban J connectivity index is 1.13. The van der Waals surface area contributed by atoms with Crippen LogP contribution in [0.2, 0.25) is 0 Å². The van der Waals surface area contributed by atoms with Crippen LogP contribution >= 0.6 is 0 Å². The van der Waals surface area contributed by atoms with Gasteiger partial charge in [-0.05, 0) is 47.3 Å². The first-order valence-electron chi connectivity index (χ1n) is 12.4. The van der Waals surface area contributed by atoms with Gasteiger partial charge in [0, 0.05) is 34.9 Å². The summed E-state index contributed by atoms with van der Waals surface area (Å²) in [4.78, 5) is 17.4. The van der Waals surface area contributed by atoms with Gasteiger partial charge in [0.15, 0.2) is 23.1 Å². The topological polar surface area (TPSA) is 103 Å². The van der Waals surface area contributed by atoms with Crippen molar-refractivity contribution >= 4 is 44.9 Å². The maximum absolute atomic E-state index is 12.9. The highest BCUT2D eigenvalue weighted by molar-refractivity contribution is 5.96. The van der Waals surface area contributed by atoms with E-state index in [1.54, 1.807) is 24.4 Å². The van der Waals surface area contributed by atoms with Crippen LogP contribution < -0.4 is 20.1 Å². The van der Waals surface area contributed by atoms with Crippen molar-refractivity contribution in [3.8, 4) is 17.3 Å². The number of benzene rings is 3. The van der Waals surface area contributed by atoms with Crippen molar-refractivity contribution < 1.29 is 14.3 Å². The highest BCUT2D eigenvalue weighted by atomic mass is 16.7. The number of para-hydroxylation sites is 1. The van der Waals surface area contributed by atoms with Crippen LogP contribution in [-0.4, -0.2) is 32.4 Å². The summed E-state index contributed by atoms with van der Waals surface area (Å²) in [7, 11) is 0. The summed E-state index contributed by atoms with van der Waals surface area (Å²) in [5.74, 6) is 3.11. The molecule has 1 aliphatic rings. The Labute approximate surface area is 223 Å². The molecule has 0 aliphatic carbocycles. The van der Waals surface area contributed by atoms with Gasteiger partial charge in [-0.25, -0.2) is 4.98 Å². The van der Waals surface area contributed by atoms with Crippen molar-refractivity contribution in [3.05, 3.63) is 103 Å². The van der Waals surface area contributed by atoms with Crippen LogP contribution in [0.4, 0.5) is 17.3 Å². The van der Waals surface area contributed by atoms with E-state index in [1.165, 1.54) is 0 Å². The van der Waals surface area contributed by atoms with Gasteiger partial charge in [-0.1, -0.05) is 42.5 Å². The number of hydrogen-bond acceptors (Lipinski definition) is 7. The Hall–Kier alpha value is -5.44. The minimum absolute atomic E-state index is 0.134. The molecule has 3 aromatic carbocycles. The maximum atomic E-state index is 12.9. The molecule has 0 spiro atoms. The smallest absolute Gasteiger partial charge is 0.231 e. The summed E-state index contributed by atoms with van der Waals surface area (Å²) < 4.78 is 12.7. The van der Waals surface area contributed by atoms with Crippen molar-refractivity contribution in [2.45, 2.75) is 6.42 Å². The number of hydrogen-bond donors (Lipinski definition) is 2. The van der Waals surface area contributed by atoms with E-state index in [-0.39, 0.29) is 19.1 Å². The van der Waals surface area contributed by atoms with Crippen LogP contribution in [0, 0.1) is 0 Å². The first-order valence-corrected chi connectivity index (χ1v) is 12.4. The number of fused-ring (bicyclic) bond motifs is 3. The van der Waals surface area contributed by atoms with Gasteiger partial charge in [0.1, 0.15) is 5.82 Å². The van der Waals surface area contributed by atoms with E-state index in [2.05, 4.69) is 25.8 Å². The van der Waals surface area contributed by atoms with Gasteiger partial charge in [-0.2, -0.15) is 0 Å². The number of anilines is 3. The molecule has 4 heterocycles. The van der Waals surface area contributed by atoms with Crippen LogP contribution in [0.3, 0.4) is 0 Å². The summed E-state index contributed by atoms with van der Waals surface area (Å²) in [6, 6.07) is 27.1. The molecular formula is C30H22N6O3. The Bertz CT molecular complexity index is 1840. The molecule has 39 heavy (non-hydrogen) atoms. The summed E-state index contributed by atoms with van der Waals surface area (Å²) in [6.45, 7) is 0.187. The Morgan fingerprint density at radius 3 is 2.62 bits per heavy atom. The van der Waals surface area contributed by atoms with Crippen LogP contribution in [0.15, 0.2) is 97.3 Å². The average molecular weight is 515 g/mol. The molecular weight excluding hydrogens is 492 g/mol. The van der Waals surface area contributed by atoms with Gasteiger partial charge >= 0.3 is 0 Å². The van der Waals surface area contributed by atoms with Gasteiger partial charge in [0.2, 0.25) is 12.7 Å². The van der Waals surface area contributed by atoms with Crippen LogP contribution in [0.1, 0.15) is 5.56 Å². The molecule has 3 aromatic heterocycles. The third kappa shape index (κ3) is 4.36. The lowest BCUT2D eigenvalue weighted by atomic mass is 10.1. The number of ether oxygens (including phenoxy) is 2. The Morgan fingerprint density at radius 1 is 0.872 bits per heavy atom. The second kappa shape index (κ2) is 9.46. The van der Waals surface area contributed by atoms with E-state index in [9.17, 15) is 4.79 Å². The molecule has 0 saturated carbocycles. The molecule has 9 heteroatoms. The molecule has 1 aliphatic heterocycles. The highest BCUT2D eigenvalue weighted by Gasteiger charge is 2.17. The lowest BCUT2D eigenvalue weighted by Gasteiger charge is -2.08. The molecule has 9 nitrogen and oxygen atoms in total. The van der Waals surface area contributed by atoms with E-state index in [4.69, 9.17) is 9.47 Å². The first kappa shape index (κ1) is 22.7. The summed E-state index contributed by atoms with van der Waals surface area (Å²) in [5.41, 5.74) is 2.48. The molecule has 1 amide bonds. The molecule has 0 atom stereocenters. The van der Waals surface area contributed by atoms with Gasteiger partial charge in [-0.15, -0.1) is 10.2 Å². The number of amides is 1. The second-order valence-corrected chi connectivity index (χ2v) is 9.12.